The van der Waals surface area contributed by atoms with E-state index in [0.29, 0.717) is 13.0 Å². The molecule has 0 radical (unpaired) electrons. The number of ether oxygens (including phenoxy) is 1. The highest BCUT2D eigenvalue weighted by molar-refractivity contribution is 7.80. The van der Waals surface area contributed by atoms with Gasteiger partial charge in [0, 0.05) is 12.6 Å². The zero-order chi connectivity index (χ0) is 13.4. The van der Waals surface area contributed by atoms with E-state index in [1.54, 1.807) is 0 Å². The Morgan fingerprint density at radius 2 is 2.22 bits per heavy atom. The summed E-state index contributed by atoms with van der Waals surface area (Å²) >= 11 is 5.39. The molecule has 1 fully saturated rings. The highest BCUT2D eigenvalue weighted by Gasteiger charge is 2.27. The first-order valence-corrected chi connectivity index (χ1v) is 7.55. The Kier molecular flexibility index (Phi) is 7.25. The van der Waals surface area contributed by atoms with Crippen molar-refractivity contribution < 1.29 is 9.53 Å². The first-order valence-electron chi connectivity index (χ1n) is 7.14. The van der Waals surface area contributed by atoms with Gasteiger partial charge in [-0.2, -0.15) is 0 Å². The molecule has 1 aliphatic rings. The Bertz CT molecular complexity index is 281. The van der Waals surface area contributed by atoms with Crippen LogP contribution in [-0.4, -0.2) is 35.1 Å². The van der Waals surface area contributed by atoms with E-state index in [1.165, 1.54) is 19.3 Å². The Morgan fingerprint density at radius 3 is 2.78 bits per heavy atom. The Labute approximate surface area is 116 Å². The Hall–Kier alpha value is -0.640. The quantitative estimate of drug-likeness (QED) is 0.385. The molecule has 1 heterocycles. The van der Waals surface area contributed by atoms with E-state index in [4.69, 9.17) is 17.0 Å². The van der Waals surface area contributed by atoms with Gasteiger partial charge in [-0.25, -0.2) is 0 Å². The number of unbranched alkanes of at least 4 members (excludes halogenated alkanes) is 2. The molecule has 3 nitrogen and oxygen atoms in total. The van der Waals surface area contributed by atoms with Crippen LogP contribution in [0.5, 0.6) is 0 Å². The van der Waals surface area contributed by atoms with E-state index in [9.17, 15) is 4.79 Å². The van der Waals surface area contributed by atoms with Crippen LogP contribution >= 0.6 is 12.2 Å². The van der Waals surface area contributed by atoms with Crippen LogP contribution < -0.4 is 0 Å². The van der Waals surface area contributed by atoms with Crippen molar-refractivity contribution in [2.24, 2.45) is 0 Å². The van der Waals surface area contributed by atoms with Gasteiger partial charge in [-0.05, 0) is 26.2 Å². The van der Waals surface area contributed by atoms with Crippen LogP contribution in [0.15, 0.2) is 0 Å². The standard InChI is InChI=1S/C14H25NO2S/c1-3-5-6-8-12(11-14(16)17-4-2)15-10-7-9-13(15)18/h12H,3-11H2,1-2H3. The van der Waals surface area contributed by atoms with Crippen molar-refractivity contribution in [2.45, 2.75) is 64.8 Å². The van der Waals surface area contributed by atoms with Crippen molar-refractivity contribution in [3.05, 3.63) is 0 Å². The molecule has 0 saturated carbocycles. The molecule has 0 N–H and O–H groups in total. The predicted molar refractivity (Wildman–Crippen MR) is 77.7 cm³/mol. The third-order valence-corrected chi connectivity index (χ3v) is 3.84. The zero-order valence-corrected chi connectivity index (χ0v) is 12.4. The fourth-order valence-corrected chi connectivity index (χ4v) is 2.85. The zero-order valence-electron chi connectivity index (χ0n) is 11.6. The van der Waals surface area contributed by atoms with Crippen LogP contribution in [0, 0.1) is 0 Å². The number of hydrogen-bond donors (Lipinski definition) is 0. The lowest BCUT2D eigenvalue weighted by molar-refractivity contribution is -0.144. The second kappa shape index (κ2) is 8.46. The van der Waals surface area contributed by atoms with Gasteiger partial charge < -0.3 is 9.64 Å². The number of likely N-dealkylation sites (tertiary alicyclic amines) is 1. The third kappa shape index (κ3) is 4.92. The molecular weight excluding hydrogens is 246 g/mol. The fourth-order valence-electron chi connectivity index (χ4n) is 2.47. The molecule has 0 bridgehead atoms. The summed E-state index contributed by atoms with van der Waals surface area (Å²) in [6.07, 6.45) is 7.26. The minimum atomic E-state index is -0.0892. The molecule has 1 unspecified atom stereocenters. The van der Waals surface area contributed by atoms with E-state index in [0.717, 1.165) is 30.8 Å². The van der Waals surface area contributed by atoms with E-state index in [2.05, 4.69) is 11.8 Å². The van der Waals surface area contributed by atoms with Gasteiger partial charge in [0.1, 0.15) is 0 Å². The minimum Gasteiger partial charge on any atom is -0.466 e. The topological polar surface area (TPSA) is 29.5 Å². The molecule has 1 rings (SSSR count). The number of nitrogens with zero attached hydrogens (tertiary/aromatic N) is 1. The van der Waals surface area contributed by atoms with Crippen molar-refractivity contribution >= 4 is 23.2 Å². The number of thiocarbonyl (C=S) groups is 1. The SMILES string of the molecule is CCCCCC(CC(=O)OCC)N1CCCC1=S. The Morgan fingerprint density at radius 1 is 1.44 bits per heavy atom. The maximum absolute atomic E-state index is 11.7. The van der Waals surface area contributed by atoms with E-state index < -0.39 is 0 Å². The smallest absolute Gasteiger partial charge is 0.307 e. The maximum Gasteiger partial charge on any atom is 0.307 e. The van der Waals surface area contributed by atoms with Gasteiger partial charge in [0.05, 0.1) is 18.0 Å². The molecule has 1 atom stereocenters. The highest BCUT2D eigenvalue weighted by Crippen LogP contribution is 2.21. The summed E-state index contributed by atoms with van der Waals surface area (Å²) in [5, 5.41) is 0. The van der Waals surface area contributed by atoms with Crippen LogP contribution in [0.3, 0.4) is 0 Å². The summed E-state index contributed by atoms with van der Waals surface area (Å²) < 4.78 is 5.06. The van der Waals surface area contributed by atoms with Crippen LogP contribution in [0.2, 0.25) is 0 Å². The highest BCUT2D eigenvalue weighted by atomic mass is 32.1. The summed E-state index contributed by atoms with van der Waals surface area (Å²) in [6.45, 7) is 5.52. The largest absolute Gasteiger partial charge is 0.466 e. The van der Waals surface area contributed by atoms with Gasteiger partial charge in [0.25, 0.3) is 0 Å². The summed E-state index contributed by atoms with van der Waals surface area (Å²) in [5.41, 5.74) is 0. The molecule has 104 valence electrons. The number of rotatable bonds is 8. The van der Waals surface area contributed by atoms with Crippen LogP contribution in [0.25, 0.3) is 0 Å². The number of esters is 1. The molecule has 0 aromatic carbocycles. The lowest BCUT2D eigenvalue weighted by Gasteiger charge is -2.29. The van der Waals surface area contributed by atoms with E-state index >= 15 is 0 Å². The first kappa shape index (κ1) is 15.4. The summed E-state index contributed by atoms with van der Waals surface area (Å²) in [5.74, 6) is -0.0892. The maximum atomic E-state index is 11.7. The summed E-state index contributed by atoms with van der Waals surface area (Å²) in [4.78, 5) is 14.9. The Balaban J connectivity index is 2.50. The molecule has 0 aromatic heterocycles. The van der Waals surface area contributed by atoms with Crippen molar-refractivity contribution in [1.82, 2.24) is 4.90 Å². The monoisotopic (exact) mass is 271 g/mol. The van der Waals surface area contributed by atoms with Crippen LogP contribution in [-0.2, 0) is 9.53 Å². The van der Waals surface area contributed by atoms with Crippen molar-refractivity contribution in [2.75, 3.05) is 13.2 Å². The number of hydrogen-bond acceptors (Lipinski definition) is 3. The first-order chi connectivity index (χ1) is 8.69. The van der Waals surface area contributed by atoms with E-state index in [1.807, 2.05) is 6.92 Å². The summed E-state index contributed by atoms with van der Waals surface area (Å²) in [6, 6.07) is 0.255. The average molecular weight is 271 g/mol. The normalized spacial score (nSPS) is 17.0. The van der Waals surface area contributed by atoms with Crippen molar-refractivity contribution in [1.29, 1.82) is 0 Å². The van der Waals surface area contributed by atoms with Crippen LogP contribution in [0.1, 0.15) is 58.8 Å². The molecule has 0 amide bonds. The molecule has 4 heteroatoms. The van der Waals surface area contributed by atoms with Gasteiger partial charge in [0.15, 0.2) is 0 Å². The predicted octanol–water partition coefficient (Wildman–Crippen LogP) is 3.31. The third-order valence-electron chi connectivity index (χ3n) is 3.40. The van der Waals surface area contributed by atoms with Crippen molar-refractivity contribution in [3.63, 3.8) is 0 Å². The molecule has 18 heavy (non-hydrogen) atoms. The minimum absolute atomic E-state index is 0.0892. The molecule has 0 spiro atoms. The molecule has 0 aromatic rings. The van der Waals surface area contributed by atoms with Gasteiger partial charge in [-0.3, -0.25) is 4.79 Å². The number of carbonyl (C=O) groups is 1. The molecule has 0 aliphatic carbocycles. The van der Waals surface area contributed by atoms with E-state index in [-0.39, 0.29) is 12.0 Å². The molecule has 1 aliphatic heterocycles. The lowest BCUT2D eigenvalue weighted by Crippen LogP contribution is -2.37. The molecular formula is C14H25NO2S. The number of carbonyl (C=O) groups excluding carboxylic acids is 1. The lowest BCUT2D eigenvalue weighted by atomic mass is 10.0. The second-order valence-corrected chi connectivity index (χ2v) is 5.32. The average Bonchev–Trinajstić information content (AvgIpc) is 2.75. The second-order valence-electron chi connectivity index (χ2n) is 4.85. The fraction of sp³-hybridized carbons (Fsp3) is 0.857. The summed E-state index contributed by atoms with van der Waals surface area (Å²) in [7, 11) is 0. The van der Waals surface area contributed by atoms with Crippen LogP contribution in [0.4, 0.5) is 0 Å². The van der Waals surface area contributed by atoms with Gasteiger partial charge >= 0.3 is 5.97 Å². The molecule has 1 saturated heterocycles. The van der Waals surface area contributed by atoms with Gasteiger partial charge in [-0.15, -0.1) is 0 Å². The van der Waals surface area contributed by atoms with Gasteiger partial charge in [-0.1, -0.05) is 38.4 Å². The van der Waals surface area contributed by atoms with Crippen molar-refractivity contribution in [3.8, 4) is 0 Å². The van der Waals surface area contributed by atoms with Gasteiger partial charge in [0.2, 0.25) is 0 Å².